The SMILES string of the molecule is Cc1nc(C2CCCNC2)cc(N(C)CCN2CCCCC2=O)n1. The summed E-state index contributed by atoms with van der Waals surface area (Å²) < 4.78 is 0. The van der Waals surface area contributed by atoms with Crippen molar-refractivity contribution in [3.63, 3.8) is 0 Å². The highest BCUT2D eigenvalue weighted by atomic mass is 16.2. The van der Waals surface area contributed by atoms with Crippen molar-refractivity contribution in [1.82, 2.24) is 20.2 Å². The summed E-state index contributed by atoms with van der Waals surface area (Å²) in [4.78, 5) is 25.3. The molecule has 0 aliphatic carbocycles. The fraction of sp³-hybridized carbons (Fsp3) is 0.722. The van der Waals surface area contributed by atoms with Crippen LogP contribution in [0.1, 0.15) is 49.5 Å². The number of likely N-dealkylation sites (N-methyl/N-ethyl adjacent to an activating group) is 1. The molecule has 2 saturated heterocycles. The minimum absolute atomic E-state index is 0.294. The van der Waals surface area contributed by atoms with E-state index in [1.54, 1.807) is 0 Å². The van der Waals surface area contributed by atoms with E-state index in [9.17, 15) is 4.79 Å². The molecule has 3 heterocycles. The number of hydrogen-bond donors (Lipinski definition) is 1. The Morgan fingerprint density at radius 2 is 2.21 bits per heavy atom. The summed E-state index contributed by atoms with van der Waals surface area (Å²) >= 11 is 0. The number of anilines is 1. The molecule has 132 valence electrons. The van der Waals surface area contributed by atoms with Gasteiger partial charge in [-0.1, -0.05) is 0 Å². The first-order chi connectivity index (χ1) is 11.6. The zero-order chi connectivity index (χ0) is 16.9. The molecule has 0 saturated carbocycles. The largest absolute Gasteiger partial charge is 0.358 e. The predicted octanol–water partition coefficient (Wildman–Crippen LogP) is 1.70. The van der Waals surface area contributed by atoms with Crippen LogP contribution in [0.4, 0.5) is 5.82 Å². The molecule has 2 aliphatic heterocycles. The Bertz CT molecular complexity index is 571. The molecule has 0 spiro atoms. The van der Waals surface area contributed by atoms with Gasteiger partial charge in [-0.2, -0.15) is 0 Å². The lowest BCUT2D eigenvalue weighted by atomic mass is 9.96. The highest BCUT2D eigenvalue weighted by molar-refractivity contribution is 5.76. The molecule has 1 aromatic heterocycles. The van der Waals surface area contributed by atoms with Crippen molar-refractivity contribution < 1.29 is 4.79 Å². The molecule has 6 heteroatoms. The van der Waals surface area contributed by atoms with Gasteiger partial charge in [0.25, 0.3) is 0 Å². The van der Waals surface area contributed by atoms with Gasteiger partial charge in [-0.3, -0.25) is 4.79 Å². The highest BCUT2D eigenvalue weighted by Gasteiger charge is 2.20. The molecule has 2 fully saturated rings. The molecule has 1 unspecified atom stereocenters. The van der Waals surface area contributed by atoms with Gasteiger partial charge in [0.05, 0.1) is 5.69 Å². The number of nitrogens with zero attached hydrogens (tertiary/aromatic N) is 4. The first-order valence-electron chi connectivity index (χ1n) is 9.18. The van der Waals surface area contributed by atoms with E-state index >= 15 is 0 Å². The van der Waals surface area contributed by atoms with Gasteiger partial charge in [0, 0.05) is 51.6 Å². The highest BCUT2D eigenvalue weighted by Crippen LogP contribution is 2.24. The summed E-state index contributed by atoms with van der Waals surface area (Å²) in [6.07, 6.45) is 5.26. The van der Waals surface area contributed by atoms with E-state index in [1.807, 2.05) is 11.8 Å². The van der Waals surface area contributed by atoms with E-state index in [0.29, 0.717) is 18.2 Å². The molecular weight excluding hydrogens is 302 g/mol. The van der Waals surface area contributed by atoms with Crippen LogP contribution in [0.3, 0.4) is 0 Å². The molecule has 6 nitrogen and oxygen atoms in total. The number of carbonyl (C=O) groups excluding carboxylic acids is 1. The first kappa shape index (κ1) is 17.1. The van der Waals surface area contributed by atoms with Crippen LogP contribution >= 0.6 is 0 Å². The molecule has 1 atom stereocenters. The minimum Gasteiger partial charge on any atom is -0.358 e. The predicted molar refractivity (Wildman–Crippen MR) is 95.3 cm³/mol. The van der Waals surface area contributed by atoms with Crippen LogP contribution < -0.4 is 10.2 Å². The number of carbonyl (C=O) groups is 1. The summed E-state index contributed by atoms with van der Waals surface area (Å²) in [7, 11) is 2.05. The summed E-state index contributed by atoms with van der Waals surface area (Å²) in [5, 5.41) is 3.46. The molecule has 0 bridgehead atoms. The number of hydrogen-bond acceptors (Lipinski definition) is 5. The Labute approximate surface area is 144 Å². The topological polar surface area (TPSA) is 61.4 Å². The molecule has 0 radical (unpaired) electrons. The third-order valence-electron chi connectivity index (χ3n) is 5.08. The van der Waals surface area contributed by atoms with Crippen molar-refractivity contribution in [2.45, 2.75) is 44.9 Å². The Morgan fingerprint density at radius 3 is 2.96 bits per heavy atom. The van der Waals surface area contributed by atoms with Gasteiger partial charge in [0.1, 0.15) is 11.6 Å². The monoisotopic (exact) mass is 331 g/mol. The summed E-state index contributed by atoms with van der Waals surface area (Å²) in [6, 6.07) is 2.13. The van der Waals surface area contributed by atoms with Gasteiger partial charge in [-0.15, -0.1) is 0 Å². The fourth-order valence-corrected chi connectivity index (χ4v) is 3.57. The normalized spacial score (nSPS) is 21.8. The number of nitrogens with one attached hydrogen (secondary N) is 1. The molecule has 0 aromatic carbocycles. The second kappa shape index (κ2) is 7.92. The maximum Gasteiger partial charge on any atom is 0.222 e. The van der Waals surface area contributed by atoms with Gasteiger partial charge in [0.2, 0.25) is 5.91 Å². The molecule has 1 amide bonds. The Morgan fingerprint density at radius 1 is 1.33 bits per heavy atom. The second-order valence-electron chi connectivity index (χ2n) is 7.00. The van der Waals surface area contributed by atoms with E-state index in [4.69, 9.17) is 0 Å². The third-order valence-corrected chi connectivity index (χ3v) is 5.08. The van der Waals surface area contributed by atoms with Gasteiger partial charge in [-0.25, -0.2) is 9.97 Å². The number of rotatable bonds is 5. The summed E-state index contributed by atoms with van der Waals surface area (Å²) in [5.41, 5.74) is 1.14. The molecule has 1 aromatic rings. The molecule has 24 heavy (non-hydrogen) atoms. The first-order valence-corrected chi connectivity index (χ1v) is 9.18. The standard InChI is InChI=1S/C18H29N5O/c1-14-20-16(15-6-5-8-19-13-15)12-17(21-14)22(2)10-11-23-9-4-3-7-18(23)24/h12,15,19H,3-11,13H2,1-2H3. The van der Waals surface area contributed by atoms with E-state index in [0.717, 1.165) is 62.9 Å². The minimum atomic E-state index is 0.294. The van der Waals surface area contributed by atoms with Crippen molar-refractivity contribution in [1.29, 1.82) is 0 Å². The number of amides is 1. The Kier molecular flexibility index (Phi) is 5.66. The smallest absolute Gasteiger partial charge is 0.222 e. The van der Waals surface area contributed by atoms with Crippen LogP contribution in [0.25, 0.3) is 0 Å². The summed E-state index contributed by atoms with van der Waals surface area (Å²) in [6.45, 7) is 6.56. The summed E-state index contributed by atoms with van der Waals surface area (Å²) in [5.74, 6) is 2.57. The second-order valence-corrected chi connectivity index (χ2v) is 7.00. The maximum atomic E-state index is 11.9. The number of likely N-dealkylation sites (tertiary alicyclic amines) is 1. The average molecular weight is 331 g/mol. The van der Waals surface area contributed by atoms with Crippen LogP contribution in [-0.2, 0) is 4.79 Å². The zero-order valence-corrected chi connectivity index (χ0v) is 14.9. The lowest BCUT2D eigenvalue weighted by molar-refractivity contribution is -0.133. The van der Waals surface area contributed by atoms with Crippen LogP contribution in [0.5, 0.6) is 0 Å². The lowest BCUT2D eigenvalue weighted by Crippen LogP contribution is -2.40. The van der Waals surface area contributed by atoms with Gasteiger partial charge >= 0.3 is 0 Å². The van der Waals surface area contributed by atoms with E-state index in [2.05, 4.69) is 33.3 Å². The van der Waals surface area contributed by atoms with Gasteiger partial charge in [-0.05, 0) is 39.2 Å². The van der Waals surface area contributed by atoms with Crippen LogP contribution in [0.2, 0.25) is 0 Å². The van der Waals surface area contributed by atoms with Crippen LogP contribution in [-0.4, -0.2) is 60.5 Å². The maximum absolute atomic E-state index is 11.9. The van der Waals surface area contributed by atoms with Crippen molar-refractivity contribution in [2.24, 2.45) is 0 Å². The number of aryl methyl sites for hydroxylation is 1. The molecular formula is C18H29N5O. The van der Waals surface area contributed by atoms with Crippen molar-refractivity contribution in [3.8, 4) is 0 Å². The third kappa shape index (κ3) is 4.23. The molecule has 1 N–H and O–H groups in total. The Balaban J connectivity index is 1.64. The quantitative estimate of drug-likeness (QED) is 0.890. The fourth-order valence-electron chi connectivity index (χ4n) is 3.57. The van der Waals surface area contributed by atoms with E-state index in [-0.39, 0.29) is 0 Å². The Hall–Kier alpha value is -1.69. The van der Waals surface area contributed by atoms with E-state index in [1.165, 1.54) is 12.8 Å². The van der Waals surface area contributed by atoms with E-state index < -0.39 is 0 Å². The van der Waals surface area contributed by atoms with Gasteiger partial charge < -0.3 is 15.1 Å². The molecule has 2 aliphatic rings. The van der Waals surface area contributed by atoms with Crippen molar-refractivity contribution in [2.75, 3.05) is 44.7 Å². The van der Waals surface area contributed by atoms with Crippen molar-refractivity contribution in [3.05, 3.63) is 17.6 Å². The average Bonchev–Trinajstić information content (AvgIpc) is 2.61. The van der Waals surface area contributed by atoms with Crippen molar-refractivity contribution >= 4 is 11.7 Å². The molecule has 3 rings (SSSR count). The number of aromatic nitrogens is 2. The number of piperidine rings is 2. The van der Waals surface area contributed by atoms with Crippen LogP contribution in [0.15, 0.2) is 6.07 Å². The lowest BCUT2D eigenvalue weighted by Gasteiger charge is -2.29. The van der Waals surface area contributed by atoms with Gasteiger partial charge in [0.15, 0.2) is 0 Å². The zero-order valence-electron chi connectivity index (χ0n) is 14.9. The van der Waals surface area contributed by atoms with Crippen LogP contribution in [0, 0.1) is 6.92 Å².